The Morgan fingerprint density at radius 2 is 1.62 bits per heavy atom. The second-order valence-electron chi connectivity index (χ2n) is 10.9. The Bertz CT molecular complexity index is 1130. The maximum atomic E-state index is 11.0. The number of fused-ring (bicyclic) bond motifs is 1. The number of aryl methyl sites for hydroxylation is 1. The molecule has 0 aliphatic heterocycles. The van der Waals surface area contributed by atoms with Crippen LogP contribution in [0.25, 0.3) is 16.7 Å². The Morgan fingerprint density at radius 3 is 2.22 bits per heavy atom. The van der Waals surface area contributed by atoms with Crippen molar-refractivity contribution in [2.45, 2.75) is 84.5 Å². The Hall–Kier alpha value is -2.68. The van der Waals surface area contributed by atoms with Gasteiger partial charge >= 0.3 is 5.97 Å². The molecule has 0 spiro atoms. The first-order valence-electron chi connectivity index (χ1n) is 11.8. The van der Waals surface area contributed by atoms with Gasteiger partial charge in [0.15, 0.2) is 0 Å². The van der Waals surface area contributed by atoms with Crippen LogP contribution < -0.4 is 0 Å². The molecule has 3 nitrogen and oxygen atoms in total. The number of hydrogen-bond donors (Lipinski definition) is 1. The van der Waals surface area contributed by atoms with E-state index in [-0.39, 0.29) is 10.8 Å². The molecular weight excluding hydrogens is 394 g/mol. The topological polar surface area (TPSA) is 50.2 Å². The molecule has 2 aliphatic carbocycles. The van der Waals surface area contributed by atoms with E-state index in [4.69, 9.17) is 10.1 Å². The minimum atomic E-state index is -0.929. The van der Waals surface area contributed by atoms with Gasteiger partial charge in [0.25, 0.3) is 0 Å². The summed E-state index contributed by atoms with van der Waals surface area (Å²) in [4.78, 5) is 15.7. The number of hydrogen-bond acceptors (Lipinski definition) is 2. The van der Waals surface area contributed by atoms with Crippen LogP contribution in [0.1, 0.15) is 100 Å². The van der Waals surface area contributed by atoms with Crippen LogP contribution in [-0.4, -0.2) is 16.1 Å². The van der Waals surface area contributed by atoms with Crippen molar-refractivity contribution in [1.82, 2.24) is 4.98 Å². The molecule has 2 aromatic rings. The molecule has 168 valence electrons. The number of carbonyl (C=O) groups is 1. The summed E-state index contributed by atoms with van der Waals surface area (Å²) >= 11 is 0. The molecule has 0 saturated heterocycles. The molecule has 0 atom stereocenters. The number of benzene rings is 1. The molecule has 2 aliphatic rings. The number of pyridine rings is 1. The predicted molar refractivity (Wildman–Crippen MR) is 133 cm³/mol. The summed E-state index contributed by atoms with van der Waals surface area (Å²) in [6, 6.07) is 8.98. The predicted octanol–water partition coefficient (Wildman–Crippen LogP) is 7.32. The van der Waals surface area contributed by atoms with Gasteiger partial charge in [0.2, 0.25) is 0 Å². The van der Waals surface area contributed by atoms with Crippen molar-refractivity contribution in [2.75, 3.05) is 0 Å². The number of carboxylic acids is 1. The van der Waals surface area contributed by atoms with Crippen LogP contribution in [0.15, 0.2) is 36.5 Å². The zero-order chi connectivity index (χ0) is 23.3. The molecule has 32 heavy (non-hydrogen) atoms. The van der Waals surface area contributed by atoms with E-state index in [1.807, 2.05) is 13.0 Å². The number of aromatic nitrogens is 1. The van der Waals surface area contributed by atoms with Crippen LogP contribution in [0.2, 0.25) is 0 Å². The Balaban J connectivity index is 1.79. The third-order valence-corrected chi connectivity index (χ3v) is 7.61. The molecule has 0 amide bonds. The van der Waals surface area contributed by atoms with Gasteiger partial charge in [0, 0.05) is 12.3 Å². The highest BCUT2D eigenvalue weighted by Gasteiger charge is 2.37. The molecule has 1 aromatic carbocycles. The summed E-state index contributed by atoms with van der Waals surface area (Å²) in [5.41, 5.74) is 11.5. The fourth-order valence-electron chi connectivity index (χ4n) is 5.45. The molecule has 1 N–H and O–H groups in total. The van der Waals surface area contributed by atoms with Gasteiger partial charge in [-0.3, -0.25) is 4.98 Å². The monoisotopic (exact) mass is 429 g/mol. The third kappa shape index (κ3) is 4.05. The highest BCUT2D eigenvalue weighted by Crippen LogP contribution is 2.49. The van der Waals surface area contributed by atoms with E-state index in [1.54, 1.807) is 6.20 Å². The first-order chi connectivity index (χ1) is 15.0. The first-order valence-corrected chi connectivity index (χ1v) is 11.8. The third-order valence-electron chi connectivity index (χ3n) is 7.61. The highest BCUT2D eigenvalue weighted by molar-refractivity contribution is 5.93. The largest absolute Gasteiger partial charge is 0.478 e. The van der Waals surface area contributed by atoms with E-state index in [1.165, 1.54) is 52.3 Å². The number of allylic oxidation sites excluding steroid dienone is 3. The normalized spacial score (nSPS) is 19.8. The van der Waals surface area contributed by atoms with E-state index in [0.29, 0.717) is 5.57 Å². The highest BCUT2D eigenvalue weighted by atomic mass is 16.4. The van der Waals surface area contributed by atoms with Crippen molar-refractivity contribution < 1.29 is 9.90 Å². The van der Waals surface area contributed by atoms with Crippen LogP contribution in [0.4, 0.5) is 0 Å². The summed E-state index contributed by atoms with van der Waals surface area (Å²) in [5.74, 6) is -0.929. The molecule has 0 unspecified atom stereocenters. The Labute approximate surface area is 192 Å². The zero-order valence-electron chi connectivity index (χ0n) is 20.3. The number of carboxylic acid groups (broad SMARTS) is 1. The SMILES string of the molecule is C/C(=C/C(=O)O)c1ccc(C2=C(c3cc4c(cc3C)C(C)(C)CCC4(C)C)CCC2)nc1. The summed E-state index contributed by atoms with van der Waals surface area (Å²) in [5, 5.41) is 9.01. The van der Waals surface area contributed by atoms with E-state index < -0.39 is 5.97 Å². The zero-order valence-corrected chi connectivity index (χ0v) is 20.3. The number of nitrogens with zero attached hydrogens (tertiary/aromatic N) is 1. The summed E-state index contributed by atoms with van der Waals surface area (Å²) in [7, 11) is 0. The van der Waals surface area contributed by atoms with E-state index in [2.05, 4.69) is 52.8 Å². The molecule has 0 radical (unpaired) electrons. The van der Waals surface area contributed by atoms with Gasteiger partial charge in [-0.25, -0.2) is 4.79 Å². The second kappa shape index (κ2) is 8.03. The van der Waals surface area contributed by atoms with Gasteiger partial charge in [-0.1, -0.05) is 45.9 Å². The minimum absolute atomic E-state index is 0.195. The average molecular weight is 430 g/mol. The van der Waals surface area contributed by atoms with Crippen LogP contribution in [0.3, 0.4) is 0 Å². The van der Waals surface area contributed by atoms with Gasteiger partial charge < -0.3 is 5.11 Å². The molecule has 0 bridgehead atoms. The lowest BCUT2D eigenvalue weighted by molar-refractivity contribution is -0.131. The molecule has 1 aromatic heterocycles. The summed E-state index contributed by atoms with van der Waals surface area (Å²) in [6.45, 7) is 13.6. The minimum Gasteiger partial charge on any atom is -0.478 e. The van der Waals surface area contributed by atoms with Crippen molar-refractivity contribution >= 4 is 22.7 Å². The van der Waals surface area contributed by atoms with Crippen LogP contribution in [0.5, 0.6) is 0 Å². The first kappa shape index (κ1) is 22.5. The second-order valence-corrected chi connectivity index (χ2v) is 10.9. The van der Waals surface area contributed by atoms with Gasteiger partial charge in [-0.15, -0.1) is 0 Å². The van der Waals surface area contributed by atoms with E-state index in [9.17, 15) is 4.79 Å². The molecule has 3 heteroatoms. The van der Waals surface area contributed by atoms with Gasteiger partial charge in [0.05, 0.1) is 5.69 Å². The van der Waals surface area contributed by atoms with Crippen molar-refractivity contribution in [3.05, 3.63) is 70.0 Å². The Morgan fingerprint density at radius 1 is 1.00 bits per heavy atom. The number of rotatable bonds is 4. The Kier molecular flexibility index (Phi) is 5.65. The van der Waals surface area contributed by atoms with Crippen molar-refractivity contribution in [1.29, 1.82) is 0 Å². The van der Waals surface area contributed by atoms with Crippen LogP contribution >= 0.6 is 0 Å². The molecular formula is C29H35NO2. The maximum absolute atomic E-state index is 11.0. The smallest absolute Gasteiger partial charge is 0.328 e. The quantitative estimate of drug-likeness (QED) is 0.518. The van der Waals surface area contributed by atoms with Gasteiger partial charge in [-0.2, -0.15) is 0 Å². The average Bonchev–Trinajstić information content (AvgIpc) is 3.20. The standard InChI is InChI=1S/C29H35NO2/c1-18(15-27(31)32)20-10-11-26(30-17-20)22-9-7-8-21(22)23-16-25-24(14-19(23)2)28(3,4)12-13-29(25,5)6/h10-11,14-17H,7-9,12-13H2,1-6H3,(H,31,32)/b18-15-. The summed E-state index contributed by atoms with van der Waals surface area (Å²) < 4.78 is 0. The molecule has 4 rings (SSSR count). The van der Waals surface area contributed by atoms with E-state index in [0.717, 1.165) is 30.5 Å². The molecule has 0 fully saturated rings. The summed E-state index contributed by atoms with van der Waals surface area (Å²) in [6.07, 6.45) is 8.75. The fourth-order valence-corrected chi connectivity index (χ4v) is 5.45. The maximum Gasteiger partial charge on any atom is 0.328 e. The van der Waals surface area contributed by atoms with Gasteiger partial charge in [-0.05, 0) is 107 Å². The molecule has 1 heterocycles. The van der Waals surface area contributed by atoms with Crippen LogP contribution in [-0.2, 0) is 15.6 Å². The lowest BCUT2D eigenvalue weighted by Gasteiger charge is -2.42. The number of aliphatic carboxylic acids is 1. The van der Waals surface area contributed by atoms with Gasteiger partial charge in [0.1, 0.15) is 0 Å². The van der Waals surface area contributed by atoms with Crippen LogP contribution in [0, 0.1) is 6.92 Å². The van der Waals surface area contributed by atoms with E-state index >= 15 is 0 Å². The molecule has 0 saturated carbocycles. The lowest BCUT2D eigenvalue weighted by atomic mass is 9.62. The van der Waals surface area contributed by atoms with Crippen molar-refractivity contribution in [3.8, 4) is 0 Å². The lowest BCUT2D eigenvalue weighted by Crippen LogP contribution is -2.34. The van der Waals surface area contributed by atoms with Crippen molar-refractivity contribution in [2.24, 2.45) is 0 Å². The fraction of sp³-hybridized carbons (Fsp3) is 0.448. The van der Waals surface area contributed by atoms with Crippen molar-refractivity contribution in [3.63, 3.8) is 0 Å².